The molecule has 0 radical (unpaired) electrons. The number of halogens is 1. The molecule has 1 saturated heterocycles. The molecule has 2 aliphatic rings. The molecule has 6 heteroatoms. The Morgan fingerprint density at radius 2 is 1.80 bits per heavy atom. The summed E-state index contributed by atoms with van der Waals surface area (Å²) in [6.07, 6.45) is 8.22. The molecule has 1 saturated carbocycles. The van der Waals surface area contributed by atoms with E-state index in [9.17, 15) is 8.42 Å². The molecule has 20 heavy (non-hydrogen) atoms. The van der Waals surface area contributed by atoms with Crippen LogP contribution in [0.4, 0.5) is 0 Å². The zero-order valence-electron chi connectivity index (χ0n) is 11.6. The van der Waals surface area contributed by atoms with Gasteiger partial charge < -0.3 is 4.57 Å². The monoisotopic (exact) mass is 316 g/mol. The van der Waals surface area contributed by atoms with E-state index in [-0.39, 0.29) is 0 Å². The van der Waals surface area contributed by atoms with Crippen LogP contribution in [0.1, 0.15) is 50.3 Å². The number of hydrogen-bond acceptors (Lipinski definition) is 2. The number of nitrogens with zero attached hydrogens (tertiary/aromatic N) is 2. The van der Waals surface area contributed by atoms with Crippen molar-refractivity contribution in [2.24, 2.45) is 0 Å². The van der Waals surface area contributed by atoms with Gasteiger partial charge in [-0.1, -0.05) is 12.8 Å². The van der Waals surface area contributed by atoms with Crippen LogP contribution in [-0.4, -0.2) is 30.4 Å². The average Bonchev–Trinajstić information content (AvgIpc) is 3.22. The summed E-state index contributed by atoms with van der Waals surface area (Å²) >= 11 is 5.95. The van der Waals surface area contributed by atoms with Gasteiger partial charge in [0.15, 0.2) is 0 Å². The maximum Gasteiger partial charge on any atom is 0.244 e. The highest BCUT2D eigenvalue weighted by atomic mass is 35.5. The second kappa shape index (κ2) is 5.70. The van der Waals surface area contributed by atoms with E-state index in [1.54, 1.807) is 16.6 Å². The third-order valence-electron chi connectivity index (χ3n) is 4.19. The molecular weight excluding hydrogens is 296 g/mol. The van der Waals surface area contributed by atoms with Gasteiger partial charge in [0.05, 0.1) is 5.88 Å². The molecule has 1 aliphatic carbocycles. The third kappa shape index (κ3) is 2.76. The maximum atomic E-state index is 12.7. The van der Waals surface area contributed by atoms with Crippen molar-refractivity contribution < 1.29 is 8.42 Å². The molecule has 1 aromatic rings. The Morgan fingerprint density at radius 1 is 1.15 bits per heavy atom. The Bertz CT molecular complexity index is 570. The summed E-state index contributed by atoms with van der Waals surface area (Å²) in [4.78, 5) is 0.418. The van der Waals surface area contributed by atoms with E-state index in [1.807, 2.05) is 0 Å². The lowest BCUT2D eigenvalue weighted by atomic mass is 10.2. The Morgan fingerprint density at radius 3 is 2.35 bits per heavy atom. The minimum absolute atomic E-state index is 0.367. The van der Waals surface area contributed by atoms with Crippen LogP contribution in [0.3, 0.4) is 0 Å². The number of sulfonamides is 1. The van der Waals surface area contributed by atoms with Crippen LogP contribution in [0.25, 0.3) is 0 Å². The van der Waals surface area contributed by atoms with Crippen LogP contribution in [0.5, 0.6) is 0 Å². The zero-order chi connectivity index (χ0) is 14.2. The van der Waals surface area contributed by atoms with Gasteiger partial charge in [0, 0.05) is 31.0 Å². The largest absolute Gasteiger partial charge is 0.346 e. The van der Waals surface area contributed by atoms with Crippen molar-refractivity contribution in [3.8, 4) is 0 Å². The smallest absolute Gasteiger partial charge is 0.244 e. The molecule has 0 N–H and O–H groups in total. The topological polar surface area (TPSA) is 42.3 Å². The van der Waals surface area contributed by atoms with Crippen molar-refractivity contribution in [2.45, 2.75) is 55.3 Å². The van der Waals surface area contributed by atoms with Crippen molar-refractivity contribution >= 4 is 21.6 Å². The van der Waals surface area contributed by atoms with Gasteiger partial charge in [0.2, 0.25) is 10.0 Å². The molecule has 112 valence electrons. The molecule has 2 heterocycles. The molecule has 3 rings (SSSR count). The Labute approximate surface area is 125 Å². The summed E-state index contributed by atoms with van der Waals surface area (Å²) in [6.45, 7) is 1.29. The minimum atomic E-state index is -3.35. The number of hydrogen-bond donors (Lipinski definition) is 0. The summed E-state index contributed by atoms with van der Waals surface area (Å²) in [7, 11) is -3.35. The summed E-state index contributed by atoms with van der Waals surface area (Å²) in [5, 5.41) is 0. The summed E-state index contributed by atoms with van der Waals surface area (Å²) in [5.74, 6) is 0.367. The molecule has 1 aromatic heterocycles. The highest BCUT2D eigenvalue weighted by molar-refractivity contribution is 7.89. The Hall–Kier alpha value is -0.520. The molecule has 0 amide bonds. The van der Waals surface area contributed by atoms with Gasteiger partial charge in [-0.2, -0.15) is 4.31 Å². The first-order valence-corrected chi connectivity index (χ1v) is 9.37. The number of alkyl halides is 1. The quantitative estimate of drug-likeness (QED) is 0.801. The predicted molar refractivity (Wildman–Crippen MR) is 79.5 cm³/mol. The first kappa shape index (κ1) is 14.4. The van der Waals surface area contributed by atoms with Crippen LogP contribution >= 0.6 is 11.6 Å². The van der Waals surface area contributed by atoms with E-state index in [0.717, 1.165) is 44.2 Å². The maximum absolute atomic E-state index is 12.7. The molecule has 0 unspecified atom stereocenters. The van der Waals surface area contributed by atoms with Crippen LogP contribution in [0.15, 0.2) is 17.2 Å². The fourth-order valence-electron chi connectivity index (χ4n) is 2.87. The van der Waals surface area contributed by atoms with E-state index >= 15 is 0 Å². The van der Waals surface area contributed by atoms with E-state index < -0.39 is 10.0 Å². The van der Waals surface area contributed by atoms with Gasteiger partial charge in [-0.25, -0.2) is 8.42 Å². The molecular formula is C14H21ClN2O2S. The van der Waals surface area contributed by atoms with E-state index in [1.165, 1.54) is 0 Å². The summed E-state index contributed by atoms with van der Waals surface area (Å²) in [6, 6.07) is 2.21. The average molecular weight is 317 g/mol. The molecule has 0 atom stereocenters. The lowest BCUT2D eigenvalue weighted by molar-refractivity contribution is 0.423. The van der Waals surface area contributed by atoms with Crippen molar-refractivity contribution in [3.05, 3.63) is 18.0 Å². The highest BCUT2D eigenvalue weighted by Crippen LogP contribution is 2.38. The second-order valence-corrected chi connectivity index (χ2v) is 7.96. The minimum Gasteiger partial charge on any atom is -0.346 e. The molecule has 0 bridgehead atoms. The summed E-state index contributed by atoms with van der Waals surface area (Å²) in [5.41, 5.74) is 0.919. The molecule has 2 fully saturated rings. The van der Waals surface area contributed by atoms with E-state index in [0.29, 0.717) is 29.9 Å². The zero-order valence-corrected chi connectivity index (χ0v) is 13.2. The SMILES string of the molecule is O=S(=O)(c1cc(CCl)n(C2CC2)c1)N1CCCCCC1. The van der Waals surface area contributed by atoms with Crippen LogP contribution in [0.2, 0.25) is 0 Å². The fourth-order valence-corrected chi connectivity index (χ4v) is 4.65. The van der Waals surface area contributed by atoms with Crippen LogP contribution in [-0.2, 0) is 15.9 Å². The van der Waals surface area contributed by atoms with Gasteiger partial charge in [-0.15, -0.1) is 11.6 Å². The van der Waals surface area contributed by atoms with Crippen molar-refractivity contribution in [2.75, 3.05) is 13.1 Å². The van der Waals surface area contributed by atoms with E-state index in [2.05, 4.69) is 4.57 Å². The van der Waals surface area contributed by atoms with Crippen LogP contribution < -0.4 is 0 Å². The number of rotatable bonds is 4. The normalized spacial score (nSPS) is 21.9. The summed E-state index contributed by atoms with van der Waals surface area (Å²) < 4.78 is 29.2. The van der Waals surface area contributed by atoms with Gasteiger partial charge in [0.1, 0.15) is 4.90 Å². The van der Waals surface area contributed by atoms with Crippen molar-refractivity contribution in [3.63, 3.8) is 0 Å². The van der Waals surface area contributed by atoms with Gasteiger partial charge >= 0.3 is 0 Å². The first-order chi connectivity index (χ1) is 9.63. The molecule has 4 nitrogen and oxygen atoms in total. The predicted octanol–water partition coefficient (Wildman–Crippen LogP) is 3.13. The standard InChI is InChI=1S/C14H21ClN2O2S/c15-10-13-9-14(11-17(13)12-5-6-12)20(18,19)16-7-3-1-2-4-8-16/h9,11-12H,1-8,10H2. The van der Waals surface area contributed by atoms with Crippen molar-refractivity contribution in [1.82, 2.24) is 8.87 Å². The fraction of sp³-hybridized carbons (Fsp3) is 0.714. The van der Waals surface area contributed by atoms with Crippen molar-refractivity contribution in [1.29, 1.82) is 0 Å². The third-order valence-corrected chi connectivity index (χ3v) is 6.32. The molecule has 0 spiro atoms. The lowest BCUT2D eigenvalue weighted by Crippen LogP contribution is -2.31. The Balaban J connectivity index is 1.89. The first-order valence-electron chi connectivity index (χ1n) is 7.40. The van der Waals surface area contributed by atoms with E-state index in [4.69, 9.17) is 11.6 Å². The lowest BCUT2D eigenvalue weighted by Gasteiger charge is -2.18. The van der Waals surface area contributed by atoms with Gasteiger partial charge in [-0.05, 0) is 31.7 Å². The highest BCUT2D eigenvalue weighted by Gasteiger charge is 2.31. The van der Waals surface area contributed by atoms with Gasteiger partial charge in [-0.3, -0.25) is 0 Å². The van der Waals surface area contributed by atoms with Crippen LogP contribution in [0, 0.1) is 0 Å². The molecule has 0 aromatic carbocycles. The molecule has 1 aliphatic heterocycles. The Kier molecular flexibility index (Phi) is 4.11. The second-order valence-electron chi connectivity index (χ2n) is 5.76. The number of aromatic nitrogens is 1. The van der Waals surface area contributed by atoms with Gasteiger partial charge in [0.25, 0.3) is 0 Å².